The molecule has 0 unspecified atom stereocenters. The number of hydrogen-bond donors (Lipinski definition) is 2. The van der Waals surface area contributed by atoms with Crippen LogP contribution in [0.4, 0.5) is 5.69 Å². The molecule has 0 atom stereocenters. The van der Waals surface area contributed by atoms with Crippen molar-refractivity contribution in [1.29, 1.82) is 0 Å². The van der Waals surface area contributed by atoms with Gasteiger partial charge >= 0.3 is 0 Å². The van der Waals surface area contributed by atoms with Crippen LogP contribution in [0.15, 0.2) is 29.4 Å². The van der Waals surface area contributed by atoms with E-state index in [1.165, 1.54) is 7.11 Å². The number of anilines is 1. The molecular formula is C9H14ClN3O. The Balaban J connectivity index is 0.00000169. The van der Waals surface area contributed by atoms with Crippen LogP contribution in [0, 0.1) is 0 Å². The van der Waals surface area contributed by atoms with Crippen molar-refractivity contribution in [3.63, 3.8) is 0 Å². The van der Waals surface area contributed by atoms with Gasteiger partial charge in [-0.1, -0.05) is 17.3 Å². The lowest BCUT2D eigenvalue weighted by Crippen LogP contribution is -2.06. The number of nitrogens with one attached hydrogen (secondary N) is 1. The lowest BCUT2D eigenvalue weighted by atomic mass is 10.1. The highest BCUT2D eigenvalue weighted by molar-refractivity contribution is 5.98. The van der Waals surface area contributed by atoms with E-state index in [4.69, 9.17) is 5.84 Å². The van der Waals surface area contributed by atoms with E-state index < -0.39 is 0 Å². The second kappa shape index (κ2) is 6.23. The number of hydrogen-bond acceptors (Lipinski definition) is 4. The lowest BCUT2D eigenvalue weighted by Gasteiger charge is -2.02. The van der Waals surface area contributed by atoms with E-state index in [0.717, 1.165) is 17.0 Å². The summed E-state index contributed by atoms with van der Waals surface area (Å²) in [7, 11) is 1.53. The summed E-state index contributed by atoms with van der Waals surface area (Å²) in [5.41, 5.74) is 5.28. The highest BCUT2D eigenvalue weighted by atomic mass is 35.5. The van der Waals surface area contributed by atoms with Gasteiger partial charge in [0.05, 0.1) is 5.71 Å². The first-order chi connectivity index (χ1) is 6.27. The van der Waals surface area contributed by atoms with Crippen LogP contribution >= 0.6 is 12.4 Å². The first-order valence-electron chi connectivity index (χ1n) is 3.92. The molecule has 0 saturated carbocycles. The number of hydrazine groups is 1. The molecule has 4 nitrogen and oxygen atoms in total. The minimum absolute atomic E-state index is 0. The Kier molecular flexibility index (Phi) is 5.67. The van der Waals surface area contributed by atoms with E-state index in [0.29, 0.717) is 0 Å². The highest BCUT2D eigenvalue weighted by Crippen LogP contribution is 2.08. The fourth-order valence-electron chi connectivity index (χ4n) is 0.997. The molecule has 14 heavy (non-hydrogen) atoms. The van der Waals surface area contributed by atoms with Gasteiger partial charge < -0.3 is 10.3 Å². The van der Waals surface area contributed by atoms with Crippen molar-refractivity contribution >= 4 is 23.8 Å². The molecule has 1 aromatic carbocycles. The maximum atomic E-state index is 5.23. The Bertz CT molecular complexity index is 297. The summed E-state index contributed by atoms with van der Waals surface area (Å²) in [6.07, 6.45) is 0. The standard InChI is InChI=1S/C9H13N3O.ClH/c1-7(12-13-2)8-3-5-9(11-10)6-4-8;/h3-6,11H,10H2,1-2H3;1H. The summed E-state index contributed by atoms with van der Waals surface area (Å²) in [5.74, 6) is 5.23. The van der Waals surface area contributed by atoms with Gasteiger partial charge in [-0.25, -0.2) is 0 Å². The van der Waals surface area contributed by atoms with Gasteiger partial charge in [0.15, 0.2) is 0 Å². The second-order valence-electron chi connectivity index (χ2n) is 2.58. The Labute approximate surface area is 89.5 Å². The predicted molar refractivity (Wildman–Crippen MR) is 60.7 cm³/mol. The summed E-state index contributed by atoms with van der Waals surface area (Å²) < 4.78 is 0. The van der Waals surface area contributed by atoms with Gasteiger partial charge in [0.2, 0.25) is 0 Å². The quantitative estimate of drug-likeness (QED) is 0.459. The fraction of sp³-hybridized carbons (Fsp3) is 0.222. The van der Waals surface area contributed by atoms with Crippen LogP contribution in [-0.4, -0.2) is 12.8 Å². The van der Waals surface area contributed by atoms with Gasteiger partial charge in [0.1, 0.15) is 7.11 Å². The number of nitrogens with zero attached hydrogens (tertiary/aromatic N) is 1. The van der Waals surface area contributed by atoms with E-state index in [-0.39, 0.29) is 12.4 Å². The van der Waals surface area contributed by atoms with Crippen molar-refractivity contribution in [3.05, 3.63) is 29.8 Å². The van der Waals surface area contributed by atoms with Gasteiger partial charge in [-0.2, -0.15) is 0 Å². The molecule has 1 aromatic rings. The van der Waals surface area contributed by atoms with Gasteiger partial charge in [0, 0.05) is 5.69 Å². The third kappa shape index (κ3) is 3.24. The molecule has 0 aromatic heterocycles. The smallest absolute Gasteiger partial charge is 0.106 e. The number of benzene rings is 1. The molecule has 0 fully saturated rings. The zero-order valence-corrected chi connectivity index (χ0v) is 8.97. The first kappa shape index (κ1) is 12.7. The molecule has 5 heteroatoms. The van der Waals surface area contributed by atoms with Gasteiger partial charge in [0.25, 0.3) is 0 Å². The van der Waals surface area contributed by atoms with Crippen LogP contribution in [0.25, 0.3) is 0 Å². The van der Waals surface area contributed by atoms with E-state index >= 15 is 0 Å². The molecule has 0 saturated heterocycles. The maximum absolute atomic E-state index is 5.23. The normalized spacial score (nSPS) is 10.4. The molecule has 0 radical (unpaired) electrons. The Morgan fingerprint density at radius 1 is 1.36 bits per heavy atom. The average molecular weight is 216 g/mol. The number of rotatable bonds is 3. The minimum Gasteiger partial charge on any atom is -0.399 e. The lowest BCUT2D eigenvalue weighted by molar-refractivity contribution is 0.213. The zero-order chi connectivity index (χ0) is 9.68. The summed E-state index contributed by atoms with van der Waals surface area (Å²) in [6.45, 7) is 1.88. The van der Waals surface area contributed by atoms with E-state index in [1.807, 2.05) is 31.2 Å². The first-order valence-corrected chi connectivity index (χ1v) is 3.92. The van der Waals surface area contributed by atoms with Crippen molar-refractivity contribution < 1.29 is 4.84 Å². The summed E-state index contributed by atoms with van der Waals surface area (Å²) in [6, 6.07) is 7.61. The number of halogens is 1. The molecule has 0 spiro atoms. The SMILES string of the molecule is CON=C(C)c1ccc(NN)cc1.Cl. The zero-order valence-electron chi connectivity index (χ0n) is 8.15. The minimum atomic E-state index is 0. The van der Waals surface area contributed by atoms with Crippen molar-refractivity contribution in [1.82, 2.24) is 0 Å². The van der Waals surface area contributed by atoms with Crippen molar-refractivity contribution in [2.75, 3.05) is 12.5 Å². The molecule has 0 aliphatic rings. The Morgan fingerprint density at radius 3 is 2.36 bits per heavy atom. The Morgan fingerprint density at radius 2 is 1.93 bits per heavy atom. The average Bonchev–Trinajstić information content (AvgIpc) is 2.18. The number of nitrogens with two attached hydrogens (primary N) is 1. The van der Waals surface area contributed by atoms with Crippen LogP contribution in [0.2, 0.25) is 0 Å². The molecule has 0 aliphatic heterocycles. The van der Waals surface area contributed by atoms with E-state index in [1.54, 1.807) is 0 Å². The van der Waals surface area contributed by atoms with Gasteiger partial charge in [-0.15, -0.1) is 12.4 Å². The van der Waals surface area contributed by atoms with Crippen LogP contribution in [0.1, 0.15) is 12.5 Å². The fourth-order valence-corrected chi connectivity index (χ4v) is 0.997. The number of oxime groups is 1. The summed E-state index contributed by atoms with van der Waals surface area (Å²) in [4.78, 5) is 4.66. The van der Waals surface area contributed by atoms with E-state index in [2.05, 4.69) is 15.4 Å². The van der Waals surface area contributed by atoms with Crippen molar-refractivity contribution in [3.8, 4) is 0 Å². The molecule has 3 N–H and O–H groups in total. The van der Waals surface area contributed by atoms with Crippen LogP contribution in [0.5, 0.6) is 0 Å². The molecule has 0 amide bonds. The summed E-state index contributed by atoms with van der Waals surface area (Å²) >= 11 is 0. The van der Waals surface area contributed by atoms with Gasteiger partial charge in [-0.3, -0.25) is 5.84 Å². The topological polar surface area (TPSA) is 59.6 Å². The van der Waals surface area contributed by atoms with Crippen LogP contribution in [-0.2, 0) is 4.84 Å². The predicted octanol–water partition coefficient (Wildman–Crippen LogP) is 1.76. The third-order valence-corrected chi connectivity index (χ3v) is 1.70. The third-order valence-electron chi connectivity index (χ3n) is 1.70. The molecule has 1 rings (SSSR count). The molecule has 0 aliphatic carbocycles. The molecular weight excluding hydrogens is 202 g/mol. The number of nitrogen functional groups attached to an aromatic ring is 1. The van der Waals surface area contributed by atoms with Gasteiger partial charge in [-0.05, 0) is 24.6 Å². The highest BCUT2D eigenvalue weighted by Gasteiger charge is 1.96. The van der Waals surface area contributed by atoms with Crippen LogP contribution in [0.3, 0.4) is 0 Å². The second-order valence-corrected chi connectivity index (χ2v) is 2.58. The van der Waals surface area contributed by atoms with E-state index in [9.17, 15) is 0 Å². The van der Waals surface area contributed by atoms with Crippen molar-refractivity contribution in [2.24, 2.45) is 11.0 Å². The Hall–Kier alpha value is -1.26. The monoisotopic (exact) mass is 215 g/mol. The molecule has 0 heterocycles. The summed E-state index contributed by atoms with van der Waals surface area (Å²) in [5, 5.41) is 3.82. The maximum Gasteiger partial charge on any atom is 0.106 e. The largest absolute Gasteiger partial charge is 0.399 e. The van der Waals surface area contributed by atoms with Crippen molar-refractivity contribution in [2.45, 2.75) is 6.92 Å². The molecule has 78 valence electrons. The molecule has 0 bridgehead atoms. The van der Waals surface area contributed by atoms with Crippen LogP contribution < -0.4 is 11.3 Å².